The molecule has 4 aliphatic rings. The predicted octanol–water partition coefficient (Wildman–Crippen LogP) is 0.165. The molecular formula is C10H18N2O. The summed E-state index contributed by atoms with van der Waals surface area (Å²) in [5.74, 6) is 0. The molecular weight excluding hydrogens is 164 g/mol. The number of nitrogens with zero attached hydrogens (tertiary/aromatic N) is 2. The fourth-order valence-electron chi connectivity index (χ4n) is 2.92. The van der Waals surface area contributed by atoms with Crippen molar-refractivity contribution in [3.05, 3.63) is 0 Å². The third kappa shape index (κ3) is 1.39. The summed E-state index contributed by atoms with van der Waals surface area (Å²) < 4.78 is 5.78. The Morgan fingerprint density at radius 3 is 2.46 bits per heavy atom. The van der Waals surface area contributed by atoms with E-state index < -0.39 is 0 Å². The molecule has 2 unspecified atom stereocenters. The van der Waals surface area contributed by atoms with Crippen LogP contribution in [-0.4, -0.2) is 61.3 Å². The molecule has 74 valence electrons. The van der Waals surface area contributed by atoms with Gasteiger partial charge < -0.3 is 4.74 Å². The van der Waals surface area contributed by atoms with E-state index in [9.17, 15) is 0 Å². The van der Waals surface area contributed by atoms with Crippen molar-refractivity contribution in [3.8, 4) is 0 Å². The van der Waals surface area contributed by atoms with Gasteiger partial charge in [0.25, 0.3) is 0 Å². The minimum absolute atomic E-state index is 0.545. The first-order valence-corrected chi connectivity index (χ1v) is 5.51. The zero-order valence-electron chi connectivity index (χ0n) is 8.11. The molecule has 0 aromatic carbocycles. The van der Waals surface area contributed by atoms with E-state index in [0.717, 1.165) is 6.61 Å². The average Bonchev–Trinajstić information content (AvgIpc) is 2.72. The van der Waals surface area contributed by atoms with Crippen LogP contribution < -0.4 is 0 Å². The number of hydrogen-bond acceptors (Lipinski definition) is 3. The highest BCUT2D eigenvalue weighted by molar-refractivity contribution is 4.93. The van der Waals surface area contributed by atoms with Crippen molar-refractivity contribution in [2.75, 3.05) is 39.3 Å². The summed E-state index contributed by atoms with van der Waals surface area (Å²) in [6.07, 6.45) is 3.10. The van der Waals surface area contributed by atoms with Crippen molar-refractivity contribution in [2.24, 2.45) is 0 Å². The van der Waals surface area contributed by atoms with E-state index in [0.29, 0.717) is 12.1 Å². The van der Waals surface area contributed by atoms with Crippen LogP contribution in [0.15, 0.2) is 0 Å². The van der Waals surface area contributed by atoms with E-state index >= 15 is 0 Å². The number of piperazine rings is 3. The van der Waals surface area contributed by atoms with Gasteiger partial charge in [-0.05, 0) is 12.8 Å². The van der Waals surface area contributed by atoms with Crippen LogP contribution in [0.2, 0.25) is 0 Å². The summed E-state index contributed by atoms with van der Waals surface area (Å²) >= 11 is 0. The molecule has 3 nitrogen and oxygen atoms in total. The second-order valence-electron chi connectivity index (χ2n) is 4.46. The fraction of sp³-hybridized carbons (Fsp3) is 1.00. The molecule has 0 aromatic rings. The van der Waals surface area contributed by atoms with E-state index in [1.54, 1.807) is 0 Å². The van der Waals surface area contributed by atoms with Crippen LogP contribution in [0.4, 0.5) is 0 Å². The van der Waals surface area contributed by atoms with Crippen LogP contribution in [0.3, 0.4) is 0 Å². The maximum Gasteiger partial charge on any atom is 0.0743 e. The van der Waals surface area contributed by atoms with Crippen LogP contribution in [0.25, 0.3) is 0 Å². The first-order valence-electron chi connectivity index (χ1n) is 5.51. The lowest BCUT2D eigenvalue weighted by Gasteiger charge is -2.49. The lowest BCUT2D eigenvalue weighted by Crippen LogP contribution is -2.64. The van der Waals surface area contributed by atoms with Gasteiger partial charge in [-0.1, -0.05) is 0 Å². The van der Waals surface area contributed by atoms with Crippen LogP contribution in [-0.2, 0) is 4.74 Å². The highest BCUT2D eigenvalue weighted by Crippen LogP contribution is 2.25. The summed E-state index contributed by atoms with van der Waals surface area (Å²) in [5, 5.41) is 0. The molecule has 2 atom stereocenters. The topological polar surface area (TPSA) is 15.7 Å². The Bertz CT molecular complexity index is 181. The van der Waals surface area contributed by atoms with Gasteiger partial charge >= 0.3 is 0 Å². The van der Waals surface area contributed by atoms with Crippen molar-refractivity contribution >= 4 is 0 Å². The molecule has 0 aromatic heterocycles. The quantitative estimate of drug-likeness (QED) is 0.575. The molecule has 4 fully saturated rings. The molecule has 4 heterocycles. The Morgan fingerprint density at radius 2 is 1.92 bits per heavy atom. The fourth-order valence-corrected chi connectivity index (χ4v) is 2.92. The van der Waals surface area contributed by atoms with Crippen molar-refractivity contribution in [1.82, 2.24) is 9.80 Å². The summed E-state index contributed by atoms with van der Waals surface area (Å²) in [6, 6.07) is 0.713. The van der Waals surface area contributed by atoms with Crippen LogP contribution in [0, 0.1) is 0 Å². The minimum Gasteiger partial charge on any atom is -0.377 e. The summed E-state index contributed by atoms with van der Waals surface area (Å²) in [4.78, 5) is 5.22. The number of rotatable bonds is 1. The summed E-state index contributed by atoms with van der Waals surface area (Å²) in [5.41, 5.74) is 0. The molecule has 0 N–H and O–H groups in total. The second kappa shape index (κ2) is 3.23. The zero-order valence-corrected chi connectivity index (χ0v) is 8.11. The smallest absolute Gasteiger partial charge is 0.0743 e. The van der Waals surface area contributed by atoms with Gasteiger partial charge in [-0.25, -0.2) is 0 Å². The van der Waals surface area contributed by atoms with E-state index in [1.165, 1.54) is 45.6 Å². The molecule has 2 bridgehead atoms. The monoisotopic (exact) mass is 182 g/mol. The maximum absolute atomic E-state index is 5.78. The number of hydrogen-bond donors (Lipinski definition) is 0. The van der Waals surface area contributed by atoms with Crippen molar-refractivity contribution in [2.45, 2.75) is 25.0 Å². The van der Waals surface area contributed by atoms with Gasteiger partial charge in [0.15, 0.2) is 0 Å². The summed E-state index contributed by atoms with van der Waals surface area (Å²) in [6.45, 7) is 7.35. The first kappa shape index (κ1) is 8.21. The van der Waals surface area contributed by atoms with Crippen molar-refractivity contribution in [1.29, 1.82) is 0 Å². The summed E-state index contributed by atoms with van der Waals surface area (Å²) in [7, 11) is 0. The van der Waals surface area contributed by atoms with Gasteiger partial charge in [0.2, 0.25) is 0 Å². The minimum atomic E-state index is 0.545. The van der Waals surface area contributed by atoms with Gasteiger partial charge in [0.1, 0.15) is 0 Å². The van der Waals surface area contributed by atoms with Gasteiger partial charge in [-0.15, -0.1) is 0 Å². The Morgan fingerprint density at radius 1 is 1.08 bits per heavy atom. The van der Waals surface area contributed by atoms with Gasteiger partial charge in [0, 0.05) is 45.4 Å². The molecule has 13 heavy (non-hydrogen) atoms. The van der Waals surface area contributed by atoms with Crippen LogP contribution in [0.5, 0.6) is 0 Å². The predicted molar refractivity (Wildman–Crippen MR) is 50.8 cm³/mol. The Balaban J connectivity index is 1.70. The van der Waals surface area contributed by atoms with Crippen LogP contribution >= 0.6 is 0 Å². The molecule has 4 rings (SSSR count). The highest BCUT2D eigenvalue weighted by Gasteiger charge is 2.38. The third-order valence-corrected chi connectivity index (χ3v) is 3.72. The van der Waals surface area contributed by atoms with Crippen LogP contribution in [0.1, 0.15) is 12.8 Å². The zero-order chi connectivity index (χ0) is 8.67. The van der Waals surface area contributed by atoms with Crippen molar-refractivity contribution < 1.29 is 4.74 Å². The van der Waals surface area contributed by atoms with Gasteiger partial charge in [-0.3, -0.25) is 9.80 Å². The molecule has 4 aliphatic heterocycles. The van der Waals surface area contributed by atoms with Crippen molar-refractivity contribution in [3.63, 3.8) is 0 Å². The first-order chi connectivity index (χ1) is 6.43. The van der Waals surface area contributed by atoms with Gasteiger partial charge in [0.05, 0.1) is 6.10 Å². The maximum atomic E-state index is 5.78. The lowest BCUT2D eigenvalue weighted by molar-refractivity contribution is -0.0538. The third-order valence-electron chi connectivity index (χ3n) is 3.72. The van der Waals surface area contributed by atoms with Gasteiger partial charge in [-0.2, -0.15) is 0 Å². The Hall–Kier alpha value is -0.120. The molecule has 0 amide bonds. The molecule has 0 saturated carbocycles. The van der Waals surface area contributed by atoms with E-state index in [1.807, 2.05) is 0 Å². The molecule has 4 saturated heterocycles. The Kier molecular flexibility index (Phi) is 2.04. The van der Waals surface area contributed by atoms with E-state index in [2.05, 4.69) is 9.80 Å². The standard InChI is InChI=1S/C10H18N2O/c1-2-10(13-7-1)9-8-11-3-5-12(9)6-4-11/h9-10H,1-8H2. The SMILES string of the molecule is C1COC(C2CN3CCN2CC3)C1. The van der Waals surface area contributed by atoms with E-state index in [4.69, 9.17) is 4.74 Å². The average molecular weight is 182 g/mol. The molecule has 0 spiro atoms. The molecule has 0 aliphatic carbocycles. The lowest BCUT2D eigenvalue weighted by atomic mass is 10.0. The van der Waals surface area contributed by atoms with E-state index in [-0.39, 0.29) is 0 Å². The Labute approximate surface area is 79.6 Å². The molecule has 3 heteroatoms. The second-order valence-corrected chi connectivity index (χ2v) is 4.46. The number of fused-ring (bicyclic) bond motifs is 3. The number of ether oxygens (including phenoxy) is 1. The highest BCUT2D eigenvalue weighted by atomic mass is 16.5. The normalized spacial score (nSPS) is 49.8. The largest absolute Gasteiger partial charge is 0.377 e. The molecule has 0 radical (unpaired) electrons.